The van der Waals surface area contributed by atoms with E-state index in [1.165, 1.54) is 12.4 Å². The minimum absolute atomic E-state index is 0.173. The van der Waals surface area contributed by atoms with Crippen LogP contribution in [0.4, 0.5) is 17.2 Å². The SMILES string of the molecule is N#Cc1ccccc1Nc1cc(C(=O)Nc2ccccc2Cl)ncn1. The average Bonchev–Trinajstić information content (AvgIpc) is 2.64. The lowest BCUT2D eigenvalue weighted by atomic mass is 10.2. The molecule has 0 saturated carbocycles. The van der Waals surface area contributed by atoms with Crippen molar-refractivity contribution in [2.45, 2.75) is 0 Å². The summed E-state index contributed by atoms with van der Waals surface area (Å²) < 4.78 is 0. The lowest BCUT2D eigenvalue weighted by Crippen LogP contribution is -2.14. The van der Waals surface area contributed by atoms with Gasteiger partial charge in [-0.25, -0.2) is 9.97 Å². The van der Waals surface area contributed by atoms with Gasteiger partial charge < -0.3 is 10.6 Å². The van der Waals surface area contributed by atoms with Gasteiger partial charge in [-0.05, 0) is 24.3 Å². The molecule has 0 bridgehead atoms. The van der Waals surface area contributed by atoms with E-state index in [0.717, 1.165) is 0 Å². The molecule has 122 valence electrons. The summed E-state index contributed by atoms with van der Waals surface area (Å²) in [7, 11) is 0. The molecule has 0 aliphatic heterocycles. The standard InChI is InChI=1S/C18H12ClN5O/c19-13-6-2-4-8-15(13)24-18(25)16-9-17(22-11-21-16)23-14-7-3-1-5-12(14)10-20/h1-9,11H,(H,24,25)(H,21,22,23). The Kier molecular flexibility index (Phi) is 4.88. The van der Waals surface area contributed by atoms with E-state index in [1.54, 1.807) is 48.5 Å². The maximum Gasteiger partial charge on any atom is 0.274 e. The van der Waals surface area contributed by atoms with Crippen molar-refractivity contribution < 1.29 is 4.79 Å². The smallest absolute Gasteiger partial charge is 0.274 e. The summed E-state index contributed by atoms with van der Waals surface area (Å²) in [5.74, 6) is -0.00544. The number of hydrogen-bond acceptors (Lipinski definition) is 5. The lowest BCUT2D eigenvalue weighted by molar-refractivity contribution is 0.102. The first kappa shape index (κ1) is 16.4. The first-order valence-corrected chi connectivity index (χ1v) is 7.69. The molecule has 1 aromatic heterocycles. The number of carbonyl (C=O) groups excluding carboxylic acids is 1. The molecule has 0 radical (unpaired) electrons. The van der Waals surface area contributed by atoms with Gasteiger partial charge in [-0.3, -0.25) is 4.79 Å². The van der Waals surface area contributed by atoms with Gasteiger partial charge in [0.15, 0.2) is 0 Å². The third-order valence-corrected chi connectivity index (χ3v) is 3.66. The van der Waals surface area contributed by atoms with E-state index < -0.39 is 5.91 Å². The van der Waals surface area contributed by atoms with E-state index >= 15 is 0 Å². The Bertz CT molecular complexity index is 967. The van der Waals surface area contributed by atoms with Crippen LogP contribution >= 0.6 is 11.6 Å². The normalized spacial score (nSPS) is 9.92. The quantitative estimate of drug-likeness (QED) is 0.743. The fraction of sp³-hybridized carbons (Fsp3) is 0. The van der Waals surface area contributed by atoms with Crippen LogP contribution in [0.1, 0.15) is 16.1 Å². The van der Waals surface area contributed by atoms with Crippen LogP contribution in [0.25, 0.3) is 0 Å². The monoisotopic (exact) mass is 349 g/mol. The van der Waals surface area contributed by atoms with Gasteiger partial charge in [0.25, 0.3) is 5.91 Å². The second kappa shape index (κ2) is 7.43. The number of benzene rings is 2. The molecular weight excluding hydrogens is 338 g/mol. The van der Waals surface area contributed by atoms with Crippen molar-refractivity contribution in [2.75, 3.05) is 10.6 Å². The van der Waals surface area contributed by atoms with Crippen LogP contribution in [-0.4, -0.2) is 15.9 Å². The van der Waals surface area contributed by atoms with Crippen molar-refractivity contribution in [3.63, 3.8) is 0 Å². The number of para-hydroxylation sites is 2. The van der Waals surface area contributed by atoms with Gasteiger partial charge in [0.1, 0.15) is 23.9 Å². The van der Waals surface area contributed by atoms with Crippen LogP contribution in [-0.2, 0) is 0 Å². The molecule has 0 aliphatic rings. The molecule has 1 heterocycles. The minimum atomic E-state index is -0.410. The Labute approximate surface area is 149 Å². The van der Waals surface area contributed by atoms with E-state index in [-0.39, 0.29) is 5.69 Å². The van der Waals surface area contributed by atoms with Gasteiger partial charge in [0.2, 0.25) is 0 Å². The van der Waals surface area contributed by atoms with Crippen LogP contribution in [0, 0.1) is 11.3 Å². The van der Waals surface area contributed by atoms with Crippen molar-refractivity contribution in [3.05, 3.63) is 77.2 Å². The van der Waals surface area contributed by atoms with Crippen LogP contribution in [0.3, 0.4) is 0 Å². The number of aromatic nitrogens is 2. The maximum absolute atomic E-state index is 12.4. The fourth-order valence-electron chi connectivity index (χ4n) is 2.13. The van der Waals surface area contributed by atoms with Crippen LogP contribution < -0.4 is 10.6 Å². The van der Waals surface area contributed by atoms with Crippen LogP contribution in [0.15, 0.2) is 60.9 Å². The zero-order valence-electron chi connectivity index (χ0n) is 12.9. The number of hydrogen-bond donors (Lipinski definition) is 2. The van der Waals surface area contributed by atoms with Crippen molar-refractivity contribution in [3.8, 4) is 6.07 Å². The number of rotatable bonds is 4. The molecule has 0 saturated heterocycles. The van der Waals surface area contributed by atoms with Gasteiger partial charge in [-0.1, -0.05) is 35.9 Å². The molecule has 3 aromatic rings. The second-order valence-corrected chi connectivity index (χ2v) is 5.41. The summed E-state index contributed by atoms with van der Waals surface area (Å²) in [4.78, 5) is 20.4. The zero-order chi connectivity index (χ0) is 17.6. The third-order valence-electron chi connectivity index (χ3n) is 3.33. The Hall–Kier alpha value is -3.43. The van der Waals surface area contributed by atoms with Crippen molar-refractivity contribution >= 4 is 34.7 Å². The molecule has 0 aliphatic carbocycles. The Morgan fingerprint density at radius 3 is 2.52 bits per heavy atom. The fourth-order valence-corrected chi connectivity index (χ4v) is 2.31. The minimum Gasteiger partial charge on any atom is -0.339 e. The molecule has 25 heavy (non-hydrogen) atoms. The van der Waals surface area contributed by atoms with Gasteiger partial charge >= 0.3 is 0 Å². The van der Waals surface area contributed by atoms with Crippen molar-refractivity contribution in [1.29, 1.82) is 5.26 Å². The van der Waals surface area contributed by atoms with Gasteiger partial charge in [0, 0.05) is 6.07 Å². The summed E-state index contributed by atoms with van der Waals surface area (Å²) >= 11 is 6.04. The molecular formula is C18H12ClN5O. The van der Waals surface area contributed by atoms with Crippen molar-refractivity contribution in [2.24, 2.45) is 0 Å². The summed E-state index contributed by atoms with van der Waals surface area (Å²) in [6.07, 6.45) is 1.28. The molecule has 6 nitrogen and oxygen atoms in total. The summed E-state index contributed by atoms with van der Waals surface area (Å²) in [5.41, 5.74) is 1.74. The number of nitrogens with one attached hydrogen (secondary N) is 2. The van der Waals surface area contributed by atoms with Gasteiger partial charge in [-0.2, -0.15) is 5.26 Å². The Morgan fingerprint density at radius 1 is 1.04 bits per heavy atom. The topological polar surface area (TPSA) is 90.7 Å². The molecule has 0 atom stereocenters. The van der Waals surface area contributed by atoms with E-state index in [4.69, 9.17) is 16.9 Å². The molecule has 1 amide bonds. The van der Waals surface area contributed by atoms with Gasteiger partial charge in [-0.15, -0.1) is 0 Å². The lowest BCUT2D eigenvalue weighted by Gasteiger charge is -2.09. The zero-order valence-corrected chi connectivity index (χ0v) is 13.7. The molecule has 0 fully saturated rings. The highest BCUT2D eigenvalue weighted by molar-refractivity contribution is 6.33. The van der Waals surface area contributed by atoms with Crippen LogP contribution in [0.2, 0.25) is 5.02 Å². The number of halogens is 1. The highest BCUT2D eigenvalue weighted by Gasteiger charge is 2.11. The first-order valence-electron chi connectivity index (χ1n) is 7.31. The average molecular weight is 350 g/mol. The Balaban J connectivity index is 1.81. The summed E-state index contributed by atoms with van der Waals surface area (Å²) in [6.45, 7) is 0. The highest BCUT2D eigenvalue weighted by atomic mass is 35.5. The molecule has 0 spiro atoms. The Morgan fingerprint density at radius 2 is 1.76 bits per heavy atom. The van der Waals surface area contributed by atoms with E-state index in [9.17, 15) is 4.79 Å². The highest BCUT2D eigenvalue weighted by Crippen LogP contribution is 2.22. The molecule has 7 heteroatoms. The number of nitrogens with zero attached hydrogens (tertiary/aromatic N) is 3. The third kappa shape index (κ3) is 3.91. The second-order valence-electron chi connectivity index (χ2n) is 5.00. The number of amides is 1. The molecule has 2 N–H and O–H groups in total. The molecule has 0 unspecified atom stereocenters. The van der Waals surface area contributed by atoms with Crippen LogP contribution in [0.5, 0.6) is 0 Å². The summed E-state index contributed by atoms with van der Waals surface area (Å²) in [6, 6.07) is 17.5. The maximum atomic E-state index is 12.4. The molecule has 2 aromatic carbocycles. The van der Waals surface area contributed by atoms with E-state index in [1.807, 2.05) is 0 Å². The van der Waals surface area contributed by atoms with Crippen molar-refractivity contribution in [1.82, 2.24) is 9.97 Å². The number of carbonyl (C=O) groups is 1. The predicted molar refractivity (Wildman–Crippen MR) is 95.9 cm³/mol. The largest absolute Gasteiger partial charge is 0.339 e. The van der Waals surface area contributed by atoms with E-state index in [2.05, 4.69) is 26.7 Å². The molecule has 3 rings (SSSR count). The first-order chi connectivity index (χ1) is 12.2. The number of anilines is 3. The number of nitriles is 1. The summed E-state index contributed by atoms with van der Waals surface area (Å²) in [5, 5.41) is 15.3. The van der Waals surface area contributed by atoms with Gasteiger partial charge in [0.05, 0.1) is 22.0 Å². The predicted octanol–water partition coefficient (Wildman–Crippen LogP) is 4.00. The van der Waals surface area contributed by atoms with E-state index in [0.29, 0.717) is 27.8 Å².